The fourth-order valence-corrected chi connectivity index (χ4v) is 1.77. The Balaban J connectivity index is 1.78. The number of aromatic nitrogens is 2. The maximum absolute atomic E-state index is 5.70. The van der Waals surface area contributed by atoms with Crippen LogP contribution in [-0.2, 0) is 11.5 Å². The summed E-state index contributed by atoms with van der Waals surface area (Å²) in [5, 5.41) is 4.26. The van der Waals surface area contributed by atoms with Gasteiger partial charge in [-0.1, -0.05) is 12.8 Å². The smallest absolute Gasteiger partial charge is 0.139 e. The Bertz CT molecular complexity index is 264. The van der Waals surface area contributed by atoms with E-state index in [9.17, 15) is 0 Å². The number of hydrogen-bond donors (Lipinski definition) is 0. The van der Waals surface area contributed by atoms with E-state index < -0.39 is 0 Å². The van der Waals surface area contributed by atoms with E-state index in [0.717, 1.165) is 5.69 Å². The number of hydrogen-bond acceptors (Lipinski definition) is 2. The summed E-state index contributed by atoms with van der Waals surface area (Å²) >= 11 is 0. The van der Waals surface area contributed by atoms with Gasteiger partial charge in [0.2, 0.25) is 0 Å². The Hall–Kier alpha value is -0.830. The molecule has 0 spiro atoms. The van der Waals surface area contributed by atoms with Crippen LogP contribution in [0.5, 0.6) is 0 Å². The van der Waals surface area contributed by atoms with Crippen molar-refractivity contribution in [2.24, 2.45) is 0 Å². The molecule has 0 saturated heterocycles. The summed E-state index contributed by atoms with van der Waals surface area (Å²) in [4.78, 5) is 0. The van der Waals surface area contributed by atoms with E-state index in [2.05, 4.69) is 5.10 Å². The van der Waals surface area contributed by atoms with Crippen molar-refractivity contribution in [3.05, 3.63) is 18.0 Å². The third-order valence-electron chi connectivity index (χ3n) is 2.52. The van der Waals surface area contributed by atoms with E-state index in [1.54, 1.807) is 0 Å². The molecule has 3 heteroatoms. The van der Waals surface area contributed by atoms with Crippen molar-refractivity contribution >= 4 is 0 Å². The molecule has 0 bridgehead atoms. The lowest BCUT2D eigenvalue weighted by molar-refractivity contribution is 0.00535. The molecule has 0 unspecified atom stereocenters. The molecule has 1 aromatic heterocycles. The van der Waals surface area contributed by atoms with Crippen LogP contribution in [0.25, 0.3) is 0 Å². The second kappa shape index (κ2) is 3.92. The van der Waals surface area contributed by atoms with Crippen LogP contribution in [0.1, 0.15) is 31.4 Å². The number of nitrogens with zero attached hydrogens (tertiary/aromatic N) is 2. The fourth-order valence-electron chi connectivity index (χ4n) is 1.77. The first-order chi connectivity index (χ1) is 6.34. The number of aryl methyl sites for hydroxylation is 1. The van der Waals surface area contributed by atoms with Crippen molar-refractivity contribution in [1.29, 1.82) is 0 Å². The second-order valence-corrected chi connectivity index (χ2v) is 3.70. The minimum absolute atomic E-state index is 0.476. The number of ether oxygens (including phenoxy) is 1. The average molecular weight is 180 g/mol. The van der Waals surface area contributed by atoms with Gasteiger partial charge in [0, 0.05) is 6.20 Å². The third kappa shape index (κ3) is 2.31. The van der Waals surface area contributed by atoms with Crippen LogP contribution in [0, 0.1) is 6.92 Å². The molecule has 3 nitrogen and oxygen atoms in total. The Morgan fingerprint density at radius 2 is 2.31 bits per heavy atom. The van der Waals surface area contributed by atoms with Crippen molar-refractivity contribution < 1.29 is 4.74 Å². The first-order valence-corrected chi connectivity index (χ1v) is 4.96. The Labute approximate surface area is 78.7 Å². The van der Waals surface area contributed by atoms with Gasteiger partial charge in [0.1, 0.15) is 6.73 Å². The van der Waals surface area contributed by atoms with Gasteiger partial charge < -0.3 is 4.74 Å². The molecule has 0 radical (unpaired) electrons. The molecule has 0 aromatic carbocycles. The minimum Gasteiger partial charge on any atom is -0.356 e. The van der Waals surface area contributed by atoms with Crippen LogP contribution in [0.4, 0.5) is 0 Å². The zero-order valence-electron chi connectivity index (χ0n) is 8.07. The van der Waals surface area contributed by atoms with E-state index in [1.165, 1.54) is 25.7 Å². The maximum Gasteiger partial charge on any atom is 0.139 e. The SMILES string of the molecule is Cc1ccn(COC2CCCC2)n1. The van der Waals surface area contributed by atoms with Crippen molar-refractivity contribution in [2.75, 3.05) is 0 Å². The maximum atomic E-state index is 5.70. The van der Waals surface area contributed by atoms with E-state index >= 15 is 0 Å². The van der Waals surface area contributed by atoms with Gasteiger partial charge in [0.15, 0.2) is 0 Å². The standard InChI is InChI=1S/C10H16N2O/c1-9-6-7-12(11-9)8-13-10-4-2-3-5-10/h6-7,10H,2-5,8H2,1H3. The van der Waals surface area contributed by atoms with Crippen LogP contribution in [0.2, 0.25) is 0 Å². The van der Waals surface area contributed by atoms with Crippen molar-refractivity contribution in [1.82, 2.24) is 9.78 Å². The van der Waals surface area contributed by atoms with Crippen LogP contribution in [0.15, 0.2) is 12.3 Å². The molecule has 13 heavy (non-hydrogen) atoms. The van der Waals surface area contributed by atoms with Gasteiger partial charge >= 0.3 is 0 Å². The quantitative estimate of drug-likeness (QED) is 0.712. The van der Waals surface area contributed by atoms with Gasteiger partial charge in [-0.25, -0.2) is 4.68 Å². The highest BCUT2D eigenvalue weighted by atomic mass is 16.5. The number of rotatable bonds is 3. The summed E-state index contributed by atoms with van der Waals surface area (Å²) < 4.78 is 7.56. The van der Waals surface area contributed by atoms with Gasteiger partial charge in [-0.2, -0.15) is 5.10 Å². The molecule has 72 valence electrons. The van der Waals surface area contributed by atoms with E-state index in [0.29, 0.717) is 12.8 Å². The zero-order valence-corrected chi connectivity index (χ0v) is 8.07. The molecule has 1 saturated carbocycles. The molecule has 1 aliphatic rings. The van der Waals surface area contributed by atoms with Gasteiger partial charge in [-0.15, -0.1) is 0 Å². The Kier molecular flexibility index (Phi) is 2.64. The highest BCUT2D eigenvalue weighted by Crippen LogP contribution is 2.20. The van der Waals surface area contributed by atoms with Crippen molar-refractivity contribution in [3.63, 3.8) is 0 Å². The van der Waals surface area contributed by atoms with Gasteiger partial charge in [0.25, 0.3) is 0 Å². The Morgan fingerprint density at radius 3 is 2.92 bits per heavy atom. The minimum atomic E-state index is 0.476. The first kappa shape index (κ1) is 8.75. The van der Waals surface area contributed by atoms with Crippen LogP contribution in [-0.4, -0.2) is 15.9 Å². The molecule has 0 atom stereocenters. The van der Waals surface area contributed by atoms with Gasteiger partial charge in [-0.3, -0.25) is 0 Å². The molecular formula is C10H16N2O. The molecule has 1 aliphatic carbocycles. The molecule has 0 amide bonds. The van der Waals surface area contributed by atoms with E-state index in [1.807, 2.05) is 23.9 Å². The van der Waals surface area contributed by atoms with Crippen LogP contribution in [0.3, 0.4) is 0 Å². The van der Waals surface area contributed by atoms with Crippen LogP contribution < -0.4 is 0 Å². The predicted octanol–water partition coefficient (Wildman–Crippen LogP) is 2.11. The fraction of sp³-hybridized carbons (Fsp3) is 0.700. The molecule has 2 rings (SSSR count). The van der Waals surface area contributed by atoms with Crippen molar-refractivity contribution in [3.8, 4) is 0 Å². The monoisotopic (exact) mass is 180 g/mol. The largest absolute Gasteiger partial charge is 0.356 e. The summed E-state index contributed by atoms with van der Waals surface area (Å²) in [6, 6.07) is 2.00. The summed E-state index contributed by atoms with van der Waals surface area (Å²) in [7, 11) is 0. The van der Waals surface area contributed by atoms with Gasteiger partial charge in [0.05, 0.1) is 11.8 Å². The summed E-state index contributed by atoms with van der Waals surface area (Å²) in [6.07, 6.45) is 7.53. The molecule has 1 fully saturated rings. The second-order valence-electron chi connectivity index (χ2n) is 3.70. The lowest BCUT2D eigenvalue weighted by Crippen LogP contribution is -2.11. The molecular weight excluding hydrogens is 164 g/mol. The molecule has 0 N–H and O–H groups in total. The van der Waals surface area contributed by atoms with Gasteiger partial charge in [-0.05, 0) is 25.8 Å². The summed E-state index contributed by atoms with van der Waals surface area (Å²) in [5.74, 6) is 0. The average Bonchev–Trinajstić information content (AvgIpc) is 2.71. The van der Waals surface area contributed by atoms with Crippen molar-refractivity contribution in [2.45, 2.75) is 45.4 Å². The normalized spacial score (nSPS) is 18.2. The zero-order chi connectivity index (χ0) is 9.10. The molecule has 1 heterocycles. The lowest BCUT2D eigenvalue weighted by Gasteiger charge is -2.10. The topological polar surface area (TPSA) is 27.1 Å². The molecule has 1 aromatic rings. The van der Waals surface area contributed by atoms with E-state index in [-0.39, 0.29) is 0 Å². The Morgan fingerprint density at radius 1 is 1.54 bits per heavy atom. The molecule has 0 aliphatic heterocycles. The first-order valence-electron chi connectivity index (χ1n) is 4.96. The highest BCUT2D eigenvalue weighted by Gasteiger charge is 2.14. The third-order valence-corrected chi connectivity index (χ3v) is 2.52. The predicted molar refractivity (Wildman–Crippen MR) is 50.3 cm³/mol. The summed E-state index contributed by atoms with van der Waals surface area (Å²) in [5.41, 5.74) is 1.05. The highest BCUT2D eigenvalue weighted by molar-refractivity contribution is 4.94. The van der Waals surface area contributed by atoms with E-state index in [4.69, 9.17) is 4.74 Å². The van der Waals surface area contributed by atoms with Crippen LogP contribution >= 0.6 is 0 Å². The lowest BCUT2D eigenvalue weighted by atomic mass is 10.3. The summed E-state index contributed by atoms with van der Waals surface area (Å²) in [6.45, 7) is 2.60.